The highest BCUT2D eigenvalue weighted by Gasteiger charge is 2.14. The van der Waals surface area contributed by atoms with Crippen LogP contribution >= 0.6 is 22.9 Å². The smallest absolute Gasteiger partial charge is 0.337 e. The fraction of sp³-hybridized carbons (Fsp3) is 0.200. The van der Waals surface area contributed by atoms with Gasteiger partial charge in [-0.15, -0.1) is 11.3 Å². The van der Waals surface area contributed by atoms with Crippen LogP contribution in [0.2, 0.25) is 5.02 Å². The van der Waals surface area contributed by atoms with E-state index in [1.165, 1.54) is 24.5 Å². The van der Waals surface area contributed by atoms with Gasteiger partial charge in [-0.25, -0.2) is 4.79 Å². The van der Waals surface area contributed by atoms with Gasteiger partial charge in [-0.1, -0.05) is 11.6 Å². The second-order valence-electron chi connectivity index (χ2n) is 4.49. The van der Waals surface area contributed by atoms with Gasteiger partial charge < -0.3 is 10.1 Å². The van der Waals surface area contributed by atoms with E-state index >= 15 is 0 Å². The lowest BCUT2D eigenvalue weighted by molar-refractivity contribution is 0.0600. The number of hydrogen-bond donors (Lipinski definition) is 1. The number of carbonyl (C=O) groups excluding carboxylic acids is 2. The number of nitrogens with one attached hydrogen (secondary N) is 1. The first-order chi connectivity index (χ1) is 9.92. The van der Waals surface area contributed by atoms with Gasteiger partial charge in [0, 0.05) is 4.88 Å². The molecule has 1 amide bonds. The first-order valence-electron chi connectivity index (χ1n) is 6.18. The van der Waals surface area contributed by atoms with Crippen LogP contribution in [0.25, 0.3) is 0 Å². The molecule has 6 heteroatoms. The minimum atomic E-state index is -0.482. The predicted molar refractivity (Wildman–Crippen MR) is 84.5 cm³/mol. The molecule has 0 aliphatic rings. The van der Waals surface area contributed by atoms with Crippen molar-refractivity contribution >= 4 is 40.5 Å². The number of hydrogen-bond acceptors (Lipinski definition) is 4. The van der Waals surface area contributed by atoms with Gasteiger partial charge in [0.05, 0.1) is 28.3 Å². The van der Waals surface area contributed by atoms with E-state index in [4.69, 9.17) is 11.6 Å². The van der Waals surface area contributed by atoms with Crippen LogP contribution in [0, 0.1) is 13.8 Å². The molecule has 1 aromatic carbocycles. The topological polar surface area (TPSA) is 55.4 Å². The second-order valence-corrected chi connectivity index (χ2v) is 6.15. The van der Waals surface area contributed by atoms with Gasteiger partial charge in [0.15, 0.2) is 0 Å². The Morgan fingerprint density at radius 3 is 2.52 bits per heavy atom. The number of rotatable bonds is 3. The Hall–Kier alpha value is -1.85. The lowest BCUT2D eigenvalue weighted by atomic mass is 10.2. The summed E-state index contributed by atoms with van der Waals surface area (Å²) in [5.74, 6) is -0.731. The maximum Gasteiger partial charge on any atom is 0.337 e. The van der Waals surface area contributed by atoms with E-state index in [-0.39, 0.29) is 5.91 Å². The van der Waals surface area contributed by atoms with Crippen LogP contribution in [0.1, 0.15) is 30.5 Å². The predicted octanol–water partition coefficient (Wildman–Crippen LogP) is 4.06. The Morgan fingerprint density at radius 2 is 1.95 bits per heavy atom. The molecular formula is C15H14ClNO3S. The van der Waals surface area contributed by atoms with Crippen LogP contribution in [-0.4, -0.2) is 19.0 Å². The van der Waals surface area contributed by atoms with Crippen LogP contribution < -0.4 is 5.32 Å². The van der Waals surface area contributed by atoms with Crippen LogP contribution in [0.4, 0.5) is 5.69 Å². The van der Waals surface area contributed by atoms with Crippen molar-refractivity contribution in [2.24, 2.45) is 0 Å². The number of aryl methyl sites for hydroxylation is 2. The summed E-state index contributed by atoms with van der Waals surface area (Å²) in [6.45, 7) is 3.91. The quantitative estimate of drug-likeness (QED) is 0.867. The minimum Gasteiger partial charge on any atom is -0.465 e. The SMILES string of the molecule is COC(=O)c1ccc(Cl)c(NC(=O)c2cc(C)c(C)s2)c1. The van der Waals surface area contributed by atoms with Crippen molar-refractivity contribution in [3.05, 3.63) is 50.2 Å². The van der Waals surface area contributed by atoms with Crippen LogP contribution in [0.3, 0.4) is 0 Å². The molecule has 0 atom stereocenters. The van der Waals surface area contributed by atoms with Gasteiger partial charge in [-0.05, 0) is 43.7 Å². The Morgan fingerprint density at radius 1 is 1.24 bits per heavy atom. The van der Waals surface area contributed by atoms with Crippen LogP contribution in [0.5, 0.6) is 0 Å². The highest BCUT2D eigenvalue weighted by atomic mass is 35.5. The zero-order valence-electron chi connectivity index (χ0n) is 11.8. The van der Waals surface area contributed by atoms with Crippen molar-refractivity contribution < 1.29 is 14.3 Å². The van der Waals surface area contributed by atoms with Crippen LogP contribution in [-0.2, 0) is 4.74 Å². The van der Waals surface area contributed by atoms with Gasteiger partial charge in [0.1, 0.15) is 0 Å². The molecule has 0 aliphatic carbocycles. The van der Waals surface area contributed by atoms with E-state index < -0.39 is 5.97 Å². The largest absolute Gasteiger partial charge is 0.465 e. The van der Waals surface area contributed by atoms with E-state index in [0.29, 0.717) is 21.2 Å². The molecule has 0 saturated carbocycles. The molecule has 0 saturated heterocycles. The Labute approximate surface area is 131 Å². The second kappa shape index (κ2) is 6.28. The molecule has 0 aliphatic heterocycles. The summed E-state index contributed by atoms with van der Waals surface area (Å²) in [7, 11) is 1.30. The molecule has 1 N–H and O–H groups in total. The average molecular weight is 324 g/mol. The summed E-state index contributed by atoms with van der Waals surface area (Å²) in [4.78, 5) is 25.4. The molecule has 1 aromatic heterocycles. The van der Waals surface area contributed by atoms with Gasteiger partial charge in [-0.2, -0.15) is 0 Å². The van der Waals surface area contributed by atoms with Gasteiger partial charge in [-0.3, -0.25) is 4.79 Å². The molecule has 0 unspecified atom stereocenters. The molecule has 0 fully saturated rings. The van der Waals surface area contributed by atoms with E-state index in [2.05, 4.69) is 10.1 Å². The van der Waals surface area contributed by atoms with E-state index in [1.807, 2.05) is 19.9 Å². The summed E-state index contributed by atoms with van der Waals surface area (Å²) in [6, 6.07) is 6.42. The van der Waals surface area contributed by atoms with Crippen molar-refractivity contribution in [2.75, 3.05) is 12.4 Å². The number of esters is 1. The summed E-state index contributed by atoms with van der Waals surface area (Å²) in [5, 5.41) is 3.08. The molecule has 0 bridgehead atoms. The first kappa shape index (κ1) is 15.5. The lowest BCUT2D eigenvalue weighted by Crippen LogP contribution is -2.11. The molecule has 2 aromatic rings. The van der Waals surface area contributed by atoms with Crippen molar-refractivity contribution in [1.82, 2.24) is 0 Å². The van der Waals surface area contributed by atoms with Crippen LogP contribution in [0.15, 0.2) is 24.3 Å². The van der Waals surface area contributed by atoms with E-state index in [9.17, 15) is 9.59 Å². The lowest BCUT2D eigenvalue weighted by Gasteiger charge is -2.08. The summed E-state index contributed by atoms with van der Waals surface area (Å²) in [6.07, 6.45) is 0. The molecule has 4 nitrogen and oxygen atoms in total. The molecule has 2 rings (SSSR count). The Balaban J connectivity index is 2.26. The molecule has 1 heterocycles. The average Bonchev–Trinajstić information content (AvgIpc) is 2.80. The number of anilines is 1. The van der Waals surface area contributed by atoms with Crippen molar-refractivity contribution in [2.45, 2.75) is 13.8 Å². The number of halogens is 1. The first-order valence-corrected chi connectivity index (χ1v) is 7.38. The standard InChI is InChI=1S/C15H14ClNO3S/c1-8-6-13(21-9(8)2)14(18)17-12-7-10(15(19)20-3)4-5-11(12)16/h4-7H,1-3H3,(H,17,18). The molecular weight excluding hydrogens is 310 g/mol. The number of benzene rings is 1. The monoisotopic (exact) mass is 323 g/mol. The highest BCUT2D eigenvalue weighted by Crippen LogP contribution is 2.26. The molecule has 110 valence electrons. The Bertz CT molecular complexity index is 689. The van der Waals surface area contributed by atoms with E-state index in [0.717, 1.165) is 10.4 Å². The third-order valence-electron chi connectivity index (χ3n) is 3.03. The van der Waals surface area contributed by atoms with Crippen molar-refractivity contribution in [3.63, 3.8) is 0 Å². The summed E-state index contributed by atoms with van der Waals surface area (Å²) >= 11 is 7.46. The summed E-state index contributed by atoms with van der Waals surface area (Å²) < 4.78 is 4.65. The fourth-order valence-corrected chi connectivity index (χ4v) is 2.83. The van der Waals surface area contributed by atoms with Gasteiger partial charge in [0.25, 0.3) is 5.91 Å². The fourth-order valence-electron chi connectivity index (χ4n) is 1.73. The normalized spacial score (nSPS) is 10.3. The number of ether oxygens (including phenoxy) is 1. The van der Waals surface area contributed by atoms with Gasteiger partial charge in [0.2, 0.25) is 0 Å². The van der Waals surface area contributed by atoms with Crippen molar-refractivity contribution in [3.8, 4) is 0 Å². The molecule has 0 radical (unpaired) electrons. The zero-order valence-corrected chi connectivity index (χ0v) is 13.4. The number of methoxy groups -OCH3 is 1. The third kappa shape index (κ3) is 3.43. The molecule has 0 spiro atoms. The van der Waals surface area contributed by atoms with Gasteiger partial charge >= 0.3 is 5.97 Å². The number of amides is 1. The maximum atomic E-state index is 12.2. The number of carbonyl (C=O) groups is 2. The Kier molecular flexibility index (Phi) is 4.65. The van der Waals surface area contributed by atoms with Crippen molar-refractivity contribution in [1.29, 1.82) is 0 Å². The van der Waals surface area contributed by atoms with E-state index in [1.54, 1.807) is 12.1 Å². The number of thiophene rings is 1. The zero-order chi connectivity index (χ0) is 15.6. The maximum absolute atomic E-state index is 12.2. The highest BCUT2D eigenvalue weighted by molar-refractivity contribution is 7.14. The summed E-state index contributed by atoms with van der Waals surface area (Å²) in [5.41, 5.74) is 1.78. The third-order valence-corrected chi connectivity index (χ3v) is 4.51. The minimum absolute atomic E-state index is 0.250. The molecule has 21 heavy (non-hydrogen) atoms.